The van der Waals surface area contributed by atoms with E-state index in [-0.39, 0.29) is 5.91 Å². The van der Waals surface area contributed by atoms with E-state index in [4.69, 9.17) is 4.74 Å². The monoisotopic (exact) mass is 383 g/mol. The minimum atomic E-state index is -0.501. The predicted octanol–water partition coefficient (Wildman–Crippen LogP) is 4.16. The first-order chi connectivity index (χ1) is 12.7. The topological polar surface area (TPSA) is 72.7 Å². The summed E-state index contributed by atoms with van der Waals surface area (Å²) in [6, 6.07) is 10.7. The number of rotatable bonds is 4. The summed E-state index contributed by atoms with van der Waals surface area (Å²) in [5, 5.41) is 6.52. The molecular formula is C18H13N3O3S2. The fourth-order valence-corrected chi connectivity index (χ4v) is 4.09. The second-order valence-electron chi connectivity index (χ2n) is 5.37. The molecule has 0 saturated carbocycles. The minimum absolute atomic E-state index is 0.305. The Bertz CT molecular complexity index is 1100. The third-order valence-corrected chi connectivity index (χ3v) is 5.53. The Morgan fingerprint density at radius 2 is 2.00 bits per heavy atom. The standard InChI is InChI=1S/C18H13N3O3S2/c1-24-17(23)11-5-2-3-6-12(11)19-16(22)14-10-26-18-20-13(9-21(14)18)15-7-4-8-25-15/h2-10H,1H3,(H,19,22). The number of thiazole rings is 1. The maximum absolute atomic E-state index is 12.7. The number of hydrogen-bond acceptors (Lipinski definition) is 6. The maximum atomic E-state index is 12.7. The fourth-order valence-electron chi connectivity index (χ4n) is 2.56. The Morgan fingerprint density at radius 3 is 2.77 bits per heavy atom. The van der Waals surface area contributed by atoms with Crippen LogP contribution in [0.2, 0.25) is 0 Å². The van der Waals surface area contributed by atoms with E-state index in [1.165, 1.54) is 18.4 Å². The lowest BCUT2D eigenvalue weighted by Crippen LogP contribution is -2.16. The molecule has 3 aromatic heterocycles. The third kappa shape index (κ3) is 2.89. The molecule has 0 aliphatic heterocycles. The van der Waals surface area contributed by atoms with Crippen molar-refractivity contribution in [1.82, 2.24) is 9.38 Å². The molecule has 1 amide bonds. The zero-order chi connectivity index (χ0) is 18.1. The summed E-state index contributed by atoms with van der Waals surface area (Å²) in [6.45, 7) is 0. The number of aromatic nitrogens is 2. The van der Waals surface area contributed by atoms with E-state index in [9.17, 15) is 9.59 Å². The van der Waals surface area contributed by atoms with Gasteiger partial charge in [0, 0.05) is 11.6 Å². The van der Waals surface area contributed by atoms with Crippen molar-refractivity contribution < 1.29 is 14.3 Å². The number of fused-ring (bicyclic) bond motifs is 1. The number of carbonyl (C=O) groups excluding carboxylic acids is 2. The molecule has 8 heteroatoms. The molecule has 3 heterocycles. The molecule has 1 N–H and O–H groups in total. The number of carbonyl (C=O) groups is 2. The molecule has 0 aliphatic carbocycles. The number of esters is 1. The molecule has 0 radical (unpaired) electrons. The molecule has 6 nitrogen and oxygen atoms in total. The number of anilines is 1. The summed E-state index contributed by atoms with van der Waals surface area (Å²) < 4.78 is 6.52. The van der Waals surface area contributed by atoms with Gasteiger partial charge in [-0.15, -0.1) is 22.7 Å². The lowest BCUT2D eigenvalue weighted by Gasteiger charge is -2.09. The van der Waals surface area contributed by atoms with Gasteiger partial charge in [0.05, 0.1) is 23.2 Å². The molecule has 1 aromatic carbocycles. The molecule has 4 aromatic rings. The van der Waals surface area contributed by atoms with Crippen LogP contribution in [0.4, 0.5) is 5.69 Å². The summed E-state index contributed by atoms with van der Waals surface area (Å²) in [5.41, 5.74) is 2.00. The summed E-state index contributed by atoms with van der Waals surface area (Å²) >= 11 is 2.99. The van der Waals surface area contributed by atoms with E-state index in [1.54, 1.807) is 45.4 Å². The number of hydrogen-bond donors (Lipinski definition) is 1. The van der Waals surface area contributed by atoms with Gasteiger partial charge in [-0.3, -0.25) is 9.20 Å². The van der Waals surface area contributed by atoms with Gasteiger partial charge in [0.15, 0.2) is 4.96 Å². The van der Waals surface area contributed by atoms with Gasteiger partial charge in [-0.2, -0.15) is 0 Å². The van der Waals surface area contributed by atoms with Crippen molar-refractivity contribution in [3.63, 3.8) is 0 Å². The van der Waals surface area contributed by atoms with Crippen molar-refractivity contribution in [2.75, 3.05) is 12.4 Å². The SMILES string of the molecule is COC(=O)c1ccccc1NC(=O)c1csc2nc(-c3cccs3)cn12. The van der Waals surface area contributed by atoms with Gasteiger partial charge in [-0.1, -0.05) is 18.2 Å². The highest BCUT2D eigenvalue weighted by molar-refractivity contribution is 7.15. The highest BCUT2D eigenvalue weighted by atomic mass is 32.1. The number of benzene rings is 1. The first kappa shape index (κ1) is 16.5. The van der Waals surface area contributed by atoms with E-state index < -0.39 is 5.97 Å². The number of nitrogens with zero attached hydrogens (tertiary/aromatic N) is 2. The van der Waals surface area contributed by atoms with Crippen LogP contribution < -0.4 is 5.32 Å². The Morgan fingerprint density at radius 1 is 1.15 bits per heavy atom. The summed E-state index contributed by atoms with van der Waals surface area (Å²) in [5.74, 6) is -0.818. The number of imidazole rings is 1. The van der Waals surface area contributed by atoms with Crippen LogP contribution in [-0.4, -0.2) is 28.4 Å². The van der Waals surface area contributed by atoms with Crippen molar-refractivity contribution in [3.05, 3.63) is 64.6 Å². The van der Waals surface area contributed by atoms with E-state index in [2.05, 4.69) is 10.3 Å². The molecule has 0 fully saturated rings. The zero-order valence-corrected chi connectivity index (χ0v) is 15.3. The van der Waals surface area contributed by atoms with Gasteiger partial charge in [-0.05, 0) is 23.6 Å². The summed E-state index contributed by atoms with van der Waals surface area (Å²) in [4.78, 5) is 31.0. The molecule has 0 saturated heterocycles. The number of thiophene rings is 1. The summed E-state index contributed by atoms with van der Waals surface area (Å²) in [6.07, 6.45) is 1.85. The molecule has 0 unspecified atom stereocenters. The fraction of sp³-hybridized carbons (Fsp3) is 0.0556. The van der Waals surface area contributed by atoms with Gasteiger partial charge < -0.3 is 10.1 Å². The van der Waals surface area contributed by atoms with E-state index >= 15 is 0 Å². The molecular weight excluding hydrogens is 370 g/mol. The van der Waals surface area contributed by atoms with Crippen LogP contribution in [0.1, 0.15) is 20.8 Å². The predicted molar refractivity (Wildman–Crippen MR) is 102 cm³/mol. The van der Waals surface area contributed by atoms with Crippen LogP contribution >= 0.6 is 22.7 Å². The van der Waals surface area contributed by atoms with Crippen molar-refractivity contribution >= 4 is 45.2 Å². The smallest absolute Gasteiger partial charge is 0.339 e. The van der Waals surface area contributed by atoms with Crippen molar-refractivity contribution in [1.29, 1.82) is 0 Å². The van der Waals surface area contributed by atoms with Crippen LogP contribution in [0.15, 0.2) is 53.4 Å². The van der Waals surface area contributed by atoms with Gasteiger partial charge in [0.25, 0.3) is 5.91 Å². The second kappa shape index (κ2) is 6.74. The van der Waals surface area contributed by atoms with Crippen LogP contribution in [-0.2, 0) is 4.74 Å². The van der Waals surface area contributed by atoms with E-state index in [1.807, 2.05) is 23.7 Å². The number of ether oxygens (including phenoxy) is 1. The normalized spacial score (nSPS) is 10.8. The van der Waals surface area contributed by atoms with Crippen molar-refractivity contribution in [3.8, 4) is 10.6 Å². The van der Waals surface area contributed by atoms with Crippen LogP contribution in [0.3, 0.4) is 0 Å². The van der Waals surface area contributed by atoms with E-state index in [0.717, 1.165) is 15.5 Å². The Balaban J connectivity index is 1.66. The lowest BCUT2D eigenvalue weighted by molar-refractivity contribution is 0.0602. The van der Waals surface area contributed by atoms with Gasteiger partial charge in [0.1, 0.15) is 11.4 Å². The summed E-state index contributed by atoms with van der Waals surface area (Å²) in [7, 11) is 1.31. The Hall–Kier alpha value is -2.97. The van der Waals surface area contributed by atoms with Crippen LogP contribution in [0.25, 0.3) is 15.5 Å². The van der Waals surface area contributed by atoms with Gasteiger partial charge >= 0.3 is 5.97 Å². The van der Waals surface area contributed by atoms with Crippen LogP contribution in [0.5, 0.6) is 0 Å². The number of nitrogens with one attached hydrogen (secondary N) is 1. The highest BCUT2D eigenvalue weighted by Crippen LogP contribution is 2.27. The number of para-hydroxylation sites is 1. The van der Waals surface area contributed by atoms with Crippen molar-refractivity contribution in [2.24, 2.45) is 0 Å². The third-order valence-electron chi connectivity index (χ3n) is 3.80. The zero-order valence-electron chi connectivity index (χ0n) is 13.6. The maximum Gasteiger partial charge on any atom is 0.339 e. The molecule has 26 heavy (non-hydrogen) atoms. The largest absolute Gasteiger partial charge is 0.465 e. The Labute approximate surface area is 156 Å². The van der Waals surface area contributed by atoms with E-state index in [0.29, 0.717) is 16.9 Å². The molecule has 0 spiro atoms. The quantitative estimate of drug-likeness (QED) is 0.537. The molecule has 130 valence electrons. The lowest BCUT2D eigenvalue weighted by atomic mass is 10.2. The minimum Gasteiger partial charge on any atom is -0.465 e. The average Bonchev–Trinajstić information content (AvgIpc) is 3.37. The number of amides is 1. The number of methoxy groups -OCH3 is 1. The highest BCUT2D eigenvalue weighted by Gasteiger charge is 2.18. The van der Waals surface area contributed by atoms with Crippen molar-refractivity contribution in [2.45, 2.75) is 0 Å². The van der Waals surface area contributed by atoms with Gasteiger partial charge in [0.2, 0.25) is 0 Å². The molecule has 0 atom stereocenters. The van der Waals surface area contributed by atoms with Gasteiger partial charge in [-0.25, -0.2) is 9.78 Å². The molecule has 0 bridgehead atoms. The molecule has 0 aliphatic rings. The van der Waals surface area contributed by atoms with Crippen LogP contribution in [0, 0.1) is 0 Å². The molecule has 4 rings (SSSR count). The first-order valence-corrected chi connectivity index (χ1v) is 9.42. The first-order valence-electron chi connectivity index (χ1n) is 7.66. The average molecular weight is 383 g/mol. The second-order valence-corrected chi connectivity index (χ2v) is 7.15. The Kier molecular flexibility index (Phi) is 4.27.